The molecule has 34 heavy (non-hydrogen) atoms. The molecule has 174 valence electrons. The molecule has 3 aromatic carbocycles. The molecule has 3 N–H and O–H groups in total. The standard InChI is InChI=1S/C27H26ClN3O3/c1-31(2)16-18-4-9-21(10-5-18)29-24-13-17(6-12-26(32)33)3-7-19(24)14-23-22-11-8-20(28)15-25(22)30-27(23)34/h3-5,7-11,13-15,29H,6,12,16H2,1-2H3,(H,30,34)(H,32,33)/b23-14-. The number of benzene rings is 3. The minimum absolute atomic E-state index is 0.0512. The monoisotopic (exact) mass is 475 g/mol. The van der Waals surface area contributed by atoms with Crippen LogP contribution in [0.2, 0.25) is 5.02 Å². The van der Waals surface area contributed by atoms with Gasteiger partial charge < -0.3 is 20.6 Å². The number of amides is 1. The van der Waals surface area contributed by atoms with E-state index in [9.17, 15) is 9.59 Å². The van der Waals surface area contributed by atoms with Gasteiger partial charge in [0, 0.05) is 40.5 Å². The number of nitrogens with one attached hydrogen (secondary N) is 2. The van der Waals surface area contributed by atoms with Crippen LogP contribution in [0.25, 0.3) is 11.6 Å². The van der Waals surface area contributed by atoms with Gasteiger partial charge in [-0.15, -0.1) is 0 Å². The molecular weight excluding hydrogens is 450 g/mol. The van der Waals surface area contributed by atoms with Gasteiger partial charge in [0.25, 0.3) is 5.91 Å². The molecule has 0 bridgehead atoms. The highest BCUT2D eigenvalue weighted by atomic mass is 35.5. The number of carbonyl (C=O) groups is 2. The van der Waals surface area contributed by atoms with Crippen molar-refractivity contribution in [3.05, 3.63) is 87.9 Å². The molecule has 0 radical (unpaired) electrons. The summed E-state index contributed by atoms with van der Waals surface area (Å²) in [7, 11) is 4.06. The topological polar surface area (TPSA) is 81.7 Å². The van der Waals surface area contributed by atoms with Gasteiger partial charge in [0.1, 0.15) is 0 Å². The minimum Gasteiger partial charge on any atom is -0.481 e. The van der Waals surface area contributed by atoms with Crippen LogP contribution in [0, 0.1) is 0 Å². The Labute approximate surface area is 203 Å². The Bertz CT molecular complexity index is 1270. The number of anilines is 3. The molecule has 0 saturated heterocycles. The predicted octanol–water partition coefficient (Wildman–Crippen LogP) is 5.66. The van der Waals surface area contributed by atoms with Crippen molar-refractivity contribution < 1.29 is 14.7 Å². The van der Waals surface area contributed by atoms with Crippen LogP contribution in [0.3, 0.4) is 0 Å². The van der Waals surface area contributed by atoms with E-state index in [1.807, 2.05) is 56.6 Å². The first-order valence-corrected chi connectivity index (χ1v) is 11.3. The highest BCUT2D eigenvalue weighted by molar-refractivity contribution is 6.36. The number of rotatable bonds is 8. The summed E-state index contributed by atoms with van der Waals surface area (Å²) >= 11 is 6.08. The molecule has 6 nitrogen and oxygen atoms in total. The second-order valence-electron chi connectivity index (χ2n) is 8.58. The number of fused-ring (bicyclic) bond motifs is 1. The van der Waals surface area contributed by atoms with Crippen molar-refractivity contribution in [1.82, 2.24) is 4.90 Å². The Morgan fingerprint density at radius 3 is 2.50 bits per heavy atom. The summed E-state index contributed by atoms with van der Waals surface area (Å²) in [5, 5.41) is 15.9. The van der Waals surface area contributed by atoms with Crippen molar-refractivity contribution in [2.45, 2.75) is 19.4 Å². The summed E-state index contributed by atoms with van der Waals surface area (Å²) in [6.45, 7) is 0.848. The van der Waals surface area contributed by atoms with Crippen LogP contribution >= 0.6 is 11.6 Å². The van der Waals surface area contributed by atoms with E-state index >= 15 is 0 Å². The van der Waals surface area contributed by atoms with Gasteiger partial charge in [-0.1, -0.05) is 41.9 Å². The molecule has 0 unspecified atom stereocenters. The van der Waals surface area contributed by atoms with Crippen molar-refractivity contribution in [3.8, 4) is 0 Å². The SMILES string of the molecule is CN(C)Cc1ccc(Nc2cc(CCC(=O)O)ccc2/C=C2\C(=O)Nc3cc(Cl)ccc32)cc1. The fourth-order valence-corrected chi connectivity index (χ4v) is 4.10. The van der Waals surface area contributed by atoms with E-state index in [4.69, 9.17) is 16.7 Å². The number of carbonyl (C=O) groups excluding carboxylic acids is 1. The van der Waals surface area contributed by atoms with Crippen LogP contribution in [-0.2, 0) is 22.6 Å². The molecule has 1 amide bonds. The Kier molecular flexibility index (Phi) is 7.01. The molecule has 1 heterocycles. The molecule has 3 aromatic rings. The first-order valence-electron chi connectivity index (χ1n) is 11.0. The van der Waals surface area contributed by atoms with Crippen molar-refractivity contribution in [3.63, 3.8) is 0 Å². The Morgan fingerprint density at radius 1 is 1.06 bits per heavy atom. The number of hydrogen-bond acceptors (Lipinski definition) is 4. The molecule has 0 aliphatic carbocycles. The van der Waals surface area contributed by atoms with E-state index in [0.717, 1.165) is 34.6 Å². The first-order chi connectivity index (χ1) is 16.3. The summed E-state index contributed by atoms with van der Waals surface area (Å²) in [5.41, 5.74) is 6.66. The first kappa shape index (κ1) is 23.5. The number of nitrogens with zero attached hydrogens (tertiary/aromatic N) is 1. The second-order valence-corrected chi connectivity index (χ2v) is 9.01. The zero-order valence-corrected chi connectivity index (χ0v) is 19.8. The maximum absolute atomic E-state index is 12.7. The number of carboxylic acid groups (broad SMARTS) is 1. The highest BCUT2D eigenvalue weighted by Crippen LogP contribution is 2.36. The van der Waals surface area contributed by atoms with Crippen molar-refractivity contribution in [2.75, 3.05) is 24.7 Å². The Hall–Kier alpha value is -3.61. The number of carboxylic acids is 1. The van der Waals surface area contributed by atoms with E-state index < -0.39 is 5.97 Å². The normalized spacial score (nSPS) is 13.8. The maximum atomic E-state index is 12.7. The van der Waals surface area contributed by atoms with E-state index in [2.05, 4.69) is 27.7 Å². The van der Waals surface area contributed by atoms with Crippen LogP contribution in [0.15, 0.2) is 60.7 Å². The zero-order chi connectivity index (χ0) is 24.2. The van der Waals surface area contributed by atoms with Crippen LogP contribution in [0.4, 0.5) is 17.1 Å². The van der Waals surface area contributed by atoms with Gasteiger partial charge in [0.2, 0.25) is 0 Å². The summed E-state index contributed by atoms with van der Waals surface area (Å²) in [5.74, 6) is -1.03. The summed E-state index contributed by atoms with van der Waals surface area (Å²) in [6.07, 6.45) is 2.32. The third-order valence-electron chi connectivity index (χ3n) is 5.54. The number of halogens is 1. The van der Waals surface area contributed by atoms with Crippen molar-refractivity contribution >= 4 is 52.2 Å². The van der Waals surface area contributed by atoms with E-state index in [1.54, 1.807) is 12.1 Å². The molecule has 1 aliphatic rings. The molecule has 4 rings (SSSR count). The molecule has 7 heteroatoms. The Balaban J connectivity index is 1.69. The fourth-order valence-electron chi connectivity index (χ4n) is 3.92. The zero-order valence-electron chi connectivity index (χ0n) is 19.1. The number of hydrogen-bond donors (Lipinski definition) is 3. The Morgan fingerprint density at radius 2 is 1.79 bits per heavy atom. The fraction of sp³-hybridized carbons (Fsp3) is 0.185. The van der Waals surface area contributed by atoms with Gasteiger partial charge in [-0.05, 0) is 73.6 Å². The van der Waals surface area contributed by atoms with Gasteiger partial charge in [-0.3, -0.25) is 9.59 Å². The van der Waals surface area contributed by atoms with E-state index in [0.29, 0.717) is 22.7 Å². The largest absolute Gasteiger partial charge is 0.481 e. The quantitative estimate of drug-likeness (QED) is 0.366. The number of aliphatic carboxylic acids is 1. The lowest BCUT2D eigenvalue weighted by Crippen LogP contribution is -2.10. The molecular formula is C27H26ClN3O3. The molecule has 1 aliphatic heterocycles. The van der Waals surface area contributed by atoms with Gasteiger partial charge in [0.05, 0.1) is 5.69 Å². The maximum Gasteiger partial charge on any atom is 0.303 e. The second kappa shape index (κ2) is 10.1. The number of aryl methyl sites for hydroxylation is 1. The smallest absolute Gasteiger partial charge is 0.303 e. The lowest BCUT2D eigenvalue weighted by Gasteiger charge is -2.14. The third kappa shape index (κ3) is 5.65. The van der Waals surface area contributed by atoms with Gasteiger partial charge >= 0.3 is 5.97 Å². The molecule has 0 aromatic heterocycles. The molecule has 0 saturated carbocycles. The van der Waals surface area contributed by atoms with Gasteiger partial charge in [0.15, 0.2) is 0 Å². The van der Waals surface area contributed by atoms with E-state index in [1.165, 1.54) is 5.56 Å². The molecule has 0 atom stereocenters. The lowest BCUT2D eigenvalue weighted by molar-refractivity contribution is -0.137. The van der Waals surface area contributed by atoms with Crippen LogP contribution < -0.4 is 10.6 Å². The average molecular weight is 476 g/mol. The summed E-state index contributed by atoms with van der Waals surface area (Å²) < 4.78 is 0. The molecule has 0 fully saturated rings. The van der Waals surface area contributed by atoms with Crippen LogP contribution in [-0.4, -0.2) is 36.0 Å². The average Bonchev–Trinajstić information content (AvgIpc) is 3.08. The minimum atomic E-state index is -0.838. The summed E-state index contributed by atoms with van der Waals surface area (Å²) in [6, 6.07) is 19.2. The van der Waals surface area contributed by atoms with Gasteiger partial charge in [-0.25, -0.2) is 0 Å². The van der Waals surface area contributed by atoms with E-state index in [-0.39, 0.29) is 12.3 Å². The van der Waals surface area contributed by atoms with Crippen LogP contribution in [0.5, 0.6) is 0 Å². The lowest BCUT2D eigenvalue weighted by atomic mass is 10.00. The van der Waals surface area contributed by atoms with Crippen molar-refractivity contribution in [1.29, 1.82) is 0 Å². The third-order valence-corrected chi connectivity index (χ3v) is 5.78. The van der Waals surface area contributed by atoms with Crippen molar-refractivity contribution in [2.24, 2.45) is 0 Å². The highest BCUT2D eigenvalue weighted by Gasteiger charge is 2.24. The van der Waals surface area contributed by atoms with Crippen LogP contribution in [0.1, 0.15) is 28.7 Å². The predicted molar refractivity (Wildman–Crippen MR) is 137 cm³/mol. The summed E-state index contributed by atoms with van der Waals surface area (Å²) in [4.78, 5) is 25.8. The molecule has 0 spiro atoms. The van der Waals surface area contributed by atoms with Gasteiger partial charge in [-0.2, -0.15) is 0 Å².